The molecule has 2 fully saturated rings. The van der Waals surface area contributed by atoms with Gasteiger partial charge in [0.2, 0.25) is 0 Å². The summed E-state index contributed by atoms with van der Waals surface area (Å²) in [5.74, 6) is 0.603. The smallest absolute Gasteiger partial charge is 0.302 e. The highest BCUT2D eigenvalue weighted by atomic mass is 19.4. The highest BCUT2D eigenvalue weighted by Gasteiger charge is 2.63. The second-order valence-electron chi connectivity index (χ2n) is 7.71. The van der Waals surface area contributed by atoms with Gasteiger partial charge >= 0.3 is 6.18 Å². The molecule has 0 unspecified atom stereocenters. The Morgan fingerprint density at radius 1 is 1.26 bits per heavy atom. The Hall–Kier alpha value is -1.04. The van der Waals surface area contributed by atoms with E-state index in [4.69, 9.17) is 0 Å². The summed E-state index contributed by atoms with van der Waals surface area (Å²) in [7, 11) is 0. The monoisotopic (exact) mass is 329 g/mol. The molecule has 3 rings (SSSR count). The predicted molar refractivity (Wildman–Crippen MR) is 83.2 cm³/mol. The van der Waals surface area contributed by atoms with E-state index >= 15 is 0 Å². The number of piperidine rings is 1. The Bertz CT molecular complexity index is 523. The number of nitrogens with zero attached hydrogens (tertiary/aromatic N) is 3. The molecule has 0 amide bonds. The van der Waals surface area contributed by atoms with Crippen molar-refractivity contribution in [3.63, 3.8) is 0 Å². The summed E-state index contributed by atoms with van der Waals surface area (Å²) in [6.45, 7) is 6.03. The molecule has 0 N–H and O–H groups in total. The summed E-state index contributed by atoms with van der Waals surface area (Å²) < 4.78 is 41.2. The molecule has 23 heavy (non-hydrogen) atoms. The van der Waals surface area contributed by atoms with Gasteiger partial charge in [-0.05, 0) is 43.6 Å². The zero-order valence-electron chi connectivity index (χ0n) is 13.9. The molecular weight excluding hydrogens is 303 g/mol. The first-order valence-electron chi connectivity index (χ1n) is 8.61. The van der Waals surface area contributed by atoms with Gasteiger partial charge in [-0.1, -0.05) is 13.8 Å². The molecule has 1 aromatic heterocycles. The first kappa shape index (κ1) is 16.8. The van der Waals surface area contributed by atoms with E-state index in [9.17, 15) is 13.2 Å². The van der Waals surface area contributed by atoms with Gasteiger partial charge in [-0.15, -0.1) is 0 Å². The molecule has 1 saturated carbocycles. The van der Waals surface area contributed by atoms with Crippen molar-refractivity contribution in [2.45, 2.75) is 58.2 Å². The maximum Gasteiger partial charge on any atom is 0.395 e. The number of halogens is 3. The molecule has 0 aromatic carbocycles. The molecule has 1 aromatic rings. The molecule has 2 heterocycles. The van der Waals surface area contributed by atoms with Crippen LogP contribution in [0.25, 0.3) is 0 Å². The Labute approximate surface area is 135 Å². The lowest BCUT2D eigenvalue weighted by atomic mass is 10.0. The fraction of sp³-hybridized carbons (Fsp3) is 0.824. The molecule has 1 aliphatic heterocycles. The van der Waals surface area contributed by atoms with E-state index < -0.39 is 11.6 Å². The Balaban J connectivity index is 1.52. The highest BCUT2D eigenvalue weighted by molar-refractivity contribution is 5.06. The summed E-state index contributed by atoms with van der Waals surface area (Å²) in [6.07, 6.45) is 3.38. The van der Waals surface area contributed by atoms with Gasteiger partial charge in [-0.25, -0.2) is 0 Å². The Morgan fingerprint density at radius 2 is 1.91 bits per heavy atom. The van der Waals surface area contributed by atoms with E-state index in [0.717, 1.165) is 32.4 Å². The molecule has 1 aliphatic carbocycles. The average Bonchev–Trinajstić information content (AvgIpc) is 3.11. The quantitative estimate of drug-likeness (QED) is 0.812. The van der Waals surface area contributed by atoms with E-state index in [0.29, 0.717) is 24.8 Å². The lowest BCUT2D eigenvalue weighted by Gasteiger charge is -2.35. The van der Waals surface area contributed by atoms with E-state index in [1.165, 1.54) is 5.56 Å². The summed E-state index contributed by atoms with van der Waals surface area (Å²) >= 11 is 0. The third-order valence-electron chi connectivity index (χ3n) is 5.21. The van der Waals surface area contributed by atoms with E-state index in [1.807, 2.05) is 15.8 Å². The van der Waals surface area contributed by atoms with Gasteiger partial charge < -0.3 is 4.90 Å². The minimum absolute atomic E-state index is 0.181. The molecule has 0 atom stereocenters. The van der Waals surface area contributed by atoms with E-state index in [1.54, 1.807) is 0 Å². The van der Waals surface area contributed by atoms with E-state index in [-0.39, 0.29) is 6.54 Å². The van der Waals surface area contributed by atoms with Crippen LogP contribution < -0.4 is 0 Å². The molecule has 0 bridgehead atoms. The van der Waals surface area contributed by atoms with Gasteiger partial charge in [0.25, 0.3) is 0 Å². The first-order chi connectivity index (χ1) is 10.8. The standard InChI is InChI=1S/C17H26F3N3/c1-13(2)9-14-10-21-23(11-14)15-3-7-22(8-4-15)12-16(5-6-16)17(18,19)20/h10-11,13,15H,3-9,12H2,1-2H3. The van der Waals surface area contributed by atoms with Crippen molar-refractivity contribution in [3.05, 3.63) is 18.0 Å². The van der Waals surface area contributed by atoms with Crippen LogP contribution in [-0.4, -0.2) is 40.5 Å². The lowest BCUT2D eigenvalue weighted by Crippen LogP contribution is -2.42. The second-order valence-corrected chi connectivity index (χ2v) is 7.71. The van der Waals surface area contributed by atoms with Gasteiger partial charge in [0.15, 0.2) is 0 Å². The van der Waals surface area contributed by atoms with Crippen molar-refractivity contribution in [2.24, 2.45) is 11.3 Å². The zero-order valence-corrected chi connectivity index (χ0v) is 13.9. The van der Waals surface area contributed by atoms with Gasteiger partial charge in [0.05, 0.1) is 17.7 Å². The summed E-state index contributed by atoms with van der Waals surface area (Å²) in [5.41, 5.74) is -0.160. The Morgan fingerprint density at radius 3 is 2.43 bits per heavy atom. The van der Waals surface area contributed by atoms with Gasteiger partial charge in [0.1, 0.15) is 0 Å². The van der Waals surface area contributed by atoms with Crippen LogP contribution in [0.1, 0.15) is 51.1 Å². The largest absolute Gasteiger partial charge is 0.395 e. The van der Waals surface area contributed by atoms with Gasteiger partial charge in [-0.2, -0.15) is 18.3 Å². The van der Waals surface area contributed by atoms with Crippen LogP contribution in [0.3, 0.4) is 0 Å². The number of alkyl halides is 3. The topological polar surface area (TPSA) is 21.1 Å². The molecular formula is C17H26F3N3. The number of aromatic nitrogens is 2. The van der Waals surface area contributed by atoms with Crippen molar-refractivity contribution >= 4 is 0 Å². The fourth-order valence-corrected chi connectivity index (χ4v) is 3.61. The summed E-state index contributed by atoms with van der Waals surface area (Å²) in [4.78, 5) is 2.00. The van der Waals surface area contributed by atoms with Crippen LogP contribution in [-0.2, 0) is 6.42 Å². The summed E-state index contributed by atoms with van der Waals surface area (Å²) in [6, 6.07) is 0.327. The first-order valence-corrected chi connectivity index (χ1v) is 8.61. The predicted octanol–water partition coefficient (Wildman–Crippen LogP) is 4.06. The van der Waals surface area contributed by atoms with Crippen LogP contribution in [0, 0.1) is 11.3 Å². The Kier molecular flexibility index (Phi) is 4.47. The number of rotatable bonds is 5. The fourth-order valence-electron chi connectivity index (χ4n) is 3.61. The number of hydrogen-bond donors (Lipinski definition) is 0. The van der Waals surface area contributed by atoms with Crippen molar-refractivity contribution in [1.29, 1.82) is 0 Å². The minimum Gasteiger partial charge on any atom is -0.302 e. The maximum absolute atomic E-state index is 13.1. The average molecular weight is 329 g/mol. The van der Waals surface area contributed by atoms with Crippen molar-refractivity contribution in [1.82, 2.24) is 14.7 Å². The van der Waals surface area contributed by atoms with Gasteiger partial charge in [0, 0.05) is 25.8 Å². The SMILES string of the molecule is CC(C)Cc1cnn(C2CCN(CC3(C(F)(F)F)CC3)CC2)c1. The van der Waals surface area contributed by atoms with Crippen LogP contribution in [0.2, 0.25) is 0 Å². The van der Waals surface area contributed by atoms with Crippen LogP contribution in [0.15, 0.2) is 12.4 Å². The molecule has 6 heteroatoms. The minimum atomic E-state index is -4.04. The van der Waals surface area contributed by atoms with Crippen LogP contribution in [0.4, 0.5) is 13.2 Å². The molecule has 0 spiro atoms. The number of likely N-dealkylation sites (tertiary alicyclic amines) is 1. The molecule has 3 nitrogen and oxygen atoms in total. The normalized spacial score (nSPS) is 22.7. The van der Waals surface area contributed by atoms with Crippen molar-refractivity contribution in [3.8, 4) is 0 Å². The maximum atomic E-state index is 13.1. The summed E-state index contributed by atoms with van der Waals surface area (Å²) in [5, 5.41) is 4.46. The molecule has 130 valence electrons. The van der Waals surface area contributed by atoms with Crippen molar-refractivity contribution in [2.75, 3.05) is 19.6 Å². The number of hydrogen-bond acceptors (Lipinski definition) is 2. The second kappa shape index (κ2) is 6.11. The van der Waals surface area contributed by atoms with Crippen LogP contribution in [0.5, 0.6) is 0 Å². The lowest BCUT2D eigenvalue weighted by molar-refractivity contribution is -0.192. The zero-order chi connectivity index (χ0) is 16.7. The van der Waals surface area contributed by atoms with Gasteiger partial charge in [-0.3, -0.25) is 4.68 Å². The van der Waals surface area contributed by atoms with E-state index in [2.05, 4.69) is 25.1 Å². The van der Waals surface area contributed by atoms with Crippen LogP contribution >= 0.6 is 0 Å². The molecule has 0 radical (unpaired) electrons. The highest BCUT2D eigenvalue weighted by Crippen LogP contribution is 2.58. The third kappa shape index (κ3) is 3.73. The van der Waals surface area contributed by atoms with Crippen molar-refractivity contribution < 1.29 is 13.2 Å². The molecule has 1 saturated heterocycles. The third-order valence-corrected chi connectivity index (χ3v) is 5.21. The molecule has 2 aliphatic rings.